The number of nitrogens with one attached hydrogen (secondary N) is 2. The maximum atomic E-state index is 13.9. The van der Waals surface area contributed by atoms with Crippen molar-refractivity contribution in [2.45, 2.75) is 143 Å². The van der Waals surface area contributed by atoms with E-state index in [0.29, 0.717) is 29.3 Å². The molecule has 44 heavy (non-hydrogen) atoms. The zero-order chi connectivity index (χ0) is 31.4. The molecule has 4 saturated carbocycles. The molecule has 2 aliphatic heterocycles. The molecule has 7 aliphatic rings. The van der Waals surface area contributed by atoms with Gasteiger partial charge in [0.1, 0.15) is 0 Å². The number of carbonyl (C=O) groups is 1. The first kappa shape index (κ1) is 31.5. The summed E-state index contributed by atoms with van der Waals surface area (Å²) < 4.78 is 13.0. The van der Waals surface area contributed by atoms with Crippen molar-refractivity contribution in [3.05, 3.63) is 11.6 Å². The third-order valence-electron chi connectivity index (χ3n) is 15.5. The Morgan fingerprint density at radius 3 is 2.45 bits per heavy atom. The Hall–Kier alpha value is -1.11. The molecule has 248 valence electrons. The molecular weight excluding hydrogens is 546 g/mol. The van der Waals surface area contributed by atoms with Crippen LogP contribution >= 0.6 is 0 Å². The van der Waals surface area contributed by atoms with Gasteiger partial charge in [0.05, 0.1) is 12.7 Å². The Balaban J connectivity index is 1.21. The van der Waals surface area contributed by atoms with E-state index in [4.69, 9.17) is 9.47 Å². The second-order valence-electron chi connectivity index (χ2n) is 18.7. The molecule has 6 nitrogen and oxygen atoms in total. The highest BCUT2D eigenvalue weighted by Gasteiger charge is 2.70. The van der Waals surface area contributed by atoms with Crippen LogP contribution in [0.2, 0.25) is 0 Å². The number of carbonyl (C=O) groups excluding carboxylic acids is 1. The largest absolute Gasteiger partial charge is 0.350 e. The summed E-state index contributed by atoms with van der Waals surface area (Å²) in [4.78, 5) is 16.0. The third kappa shape index (κ3) is 4.53. The smallest absolute Gasteiger partial charge is 0.317 e. The van der Waals surface area contributed by atoms with E-state index in [1.54, 1.807) is 5.57 Å². The third-order valence-corrected chi connectivity index (χ3v) is 15.5. The predicted octanol–water partition coefficient (Wildman–Crippen LogP) is 7.68. The zero-order valence-corrected chi connectivity index (χ0v) is 29.4. The molecule has 6 heteroatoms. The van der Waals surface area contributed by atoms with Crippen LogP contribution in [0.5, 0.6) is 0 Å². The van der Waals surface area contributed by atoms with Crippen molar-refractivity contribution >= 4 is 6.03 Å². The van der Waals surface area contributed by atoms with E-state index in [-0.39, 0.29) is 33.2 Å². The number of ether oxygens (including phenoxy) is 2. The number of hydrogen-bond donors (Lipinski definition) is 2. The molecule has 0 spiro atoms. The van der Waals surface area contributed by atoms with Crippen LogP contribution in [-0.4, -0.2) is 61.1 Å². The van der Waals surface area contributed by atoms with Gasteiger partial charge in [-0.3, -0.25) is 0 Å². The van der Waals surface area contributed by atoms with Crippen molar-refractivity contribution in [2.75, 3.05) is 32.8 Å². The van der Waals surface area contributed by atoms with E-state index < -0.39 is 5.79 Å². The van der Waals surface area contributed by atoms with Gasteiger partial charge in [-0.05, 0) is 125 Å². The standard InChI is InChI=1S/C38H63N3O3/c1-32(2)16-18-38(40-31(42)41-22-9-20-39-21-23-41)19-17-36(7)26(27(38)24-32)10-11-29-34(5)14-13-30-35(6,25-43-33(3,4)44-30)28(34)12-15-37(29,36)8/h10,27-30,39H,9,11-25H2,1-8H3,(H,40,42)/t27-,28+,29+,30-,34-,35-,36+,37+,38-/m0/s1. The van der Waals surface area contributed by atoms with Crippen molar-refractivity contribution in [1.82, 2.24) is 15.5 Å². The lowest BCUT2D eigenvalue weighted by Crippen LogP contribution is -2.69. The first-order valence-corrected chi connectivity index (χ1v) is 18.4. The maximum absolute atomic E-state index is 13.9. The molecule has 2 amide bonds. The summed E-state index contributed by atoms with van der Waals surface area (Å²) in [5, 5.41) is 7.26. The van der Waals surface area contributed by atoms with E-state index in [2.05, 4.69) is 77.0 Å². The molecule has 0 aromatic carbocycles. The molecule has 9 atom stereocenters. The fourth-order valence-corrected chi connectivity index (χ4v) is 12.7. The molecule has 7 rings (SSSR count). The summed E-state index contributed by atoms with van der Waals surface area (Å²) in [5.74, 6) is 1.25. The number of urea groups is 1. The van der Waals surface area contributed by atoms with Crippen LogP contribution in [0.4, 0.5) is 4.79 Å². The van der Waals surface area contributed by atoms with Crippen LogP contribution in [0, 0.1) is 44.8 Å². The number of allylic oxidation sites excluding steroid dienone is 1. The van der Waals surface area contributed by atoms with Crippen LogP contribution in [-0.2, 0) is 9.47 Å². The molecule has 2 heterocycles. The number of rotatable bonds is 1. The van der Waals surface area contributed by atoms with Gasteiger partial charge in [-0.2, -0.15) is 0 Å². The quantitative estimate of drug-likeness (QED) is 0.300. The molecule has 2 saturated heterocycles. The first-order valence-electron chi connectivity index (χ1n) is 18.4. The topological polar surface area (TPSA) is 62.8 Å². The van der Waals surface area contributed by atoms with E-state index >= 15 is 0 Å². The molecule has 0 bridgehead atoms. The molecule has 0 radical (unpaired) electrons. The Bertz CT molecular complexity index is 1190. The minimum absolute atomic E-state index is 0.0803. The van der Waals surface area contributed by atoms with Crippen molar-refractivity contribution in [3.8, 4) is 0 Å². The normalized spacial score (nSPS) is 49.5. The number of fused-ring (bicyclic) bond motifs is 9. The monoisotopic (exact) mass is 609 g/mol. The van der Waals surface area contributed by atoms with Gasteiger partial charge in [-0.15, -0.1) is 0 Å². The summed E-state index contributed by atoms with van der Waals surface area (Å²) in [6.07, 6.45) is 16.0. The summed E-state index contributed by atoms with van der Waals surface area (Å²) in [6.45, 7) is 24.0. The number of amides is 2. The lowest BCUT2D eigenvalue weighted by molar-refractivity contribution is -0.351. The summed E-state index contributed by atoms with van der Waals surface area (Å²) in [6, 6.07) is 0.181. The summed E-state index contributed by atoms with van der Waals surface area (Å²) >= 11 is 0. The van der Waals surface area contributed by atoms with Gasteiger partial charge in [-0.1, -0.05) is 53.2 Å². The van der Waals surface area contributed by atoms with Crippen molar-refractivity contribution in [3.63, 3.8) is 0 Å². The van der Waals surface area contributed by atoms with Gasteiger partial charge in [0, 0.05) is 36.5 Å². The van der Waals surface area contributed by atoms with Crippen LogP contribution in [0.15, 0.2) is 11.6 Å². The lowest BCUT2D eigenvalue weighted by atomic mass is 9.34. The molecule has 6 fully saturated rings. The summed E-state index contributed by atoms with van der Waals surface area (Å²) in [5.41, 5.74) is 2.69. The minimum Gasteiger partial charge on any atom is -0.350 e. The Kier molecular flexibility index (Phi) is 7.29. The fourth-order valence-electron chi connectivity index (χ4n) is 12.7. The SMILES string of the molecule is CC1(C)CC[C@]2(NC(=O)N3CCCNCC3)CC[C@]3(C)C(=CC[C@@H]4[C@@]5(C)CC[C@@H]6OC(C)(C)OC[C@@]6(C)[C@@H]5CC[C@]43C)[C@@H]2C1. The second kappa shape index (κ2) is 10.2. The second-order valence-corrected chi connectivity index (χ2v) is 18.7. The van der Waals surface area contributed by atoms with E-state index in [0.717, 1.165) is 58.5 Å². The van der Waals surface area contributed by atoms with Crippen LogP contribution < -0.4 is 10.6 Å². The molecule has 0 unspecified atom stereocenters. The Morgan fingerprint density at radius 2 is 1.66 bits per heavy atom. The average Bonchev–Trinajstić information content (AvgIpc) is 3.24. The Labute approximate surface area is 268 Å². The first-order chi connectivity index (χ1) is 20.6. The molecule has 0 aromatic heterocycles. The van der Waals surface area contributed by atoms with Crippen LogP contribution in [0.25, 0.3) is 0 Å². The summed E-state index contributed by atoms with van der Waals surface area (Å²) in [7, 11) is 0. The maximum Gasteiger partial charge on any atom is 0.317 e. The van der Waals surface area contributed by atoms with Crippen molar-refractivity contribution in [2.24, 2.45) is 44.8 Å². The fraction of sp³-hybridized carbons (Fsp3) is 0.921. The van der Waals surface area contributed by atoms with Gasteiger partial charge in [0.25, 0.3) is 0 Å². The molecular formula is C38H63N3O3. The highest BCUT2D eigenvalue weighted by molar-refractivity contribution is 5.75. The predicted molar refractivity (Wildman–Crippen MR) is 176 cm³/mol. The molecule has 2 N–H and O–H groups in total. The van der Waals surface area contributed by atoms with Gasteiger partial charge in [-0.25, -0.2) is 4.79 Å². The molecule has 0 aromatic rings. The van der Waals surface area contributed by atoms with Crippen LogP contribution in [0.3, 0.4) is 0 Å². The lowest BCUT2D eigenvalue weighted by Gasteiger charge is -2.72. The molecule has 5 aliphatic carbocycles. The van der Waals surface area contributed by atoms with Crippen LogP contribution in [0.1, 0.15) is 126 Å². The van der Waals surface area contributed by atoms with Crippen molar-refractivity contribution in [1.29, 1.82) is 0 Å². The Morgan fingerprint density at radius 1 is 0.886 bits per heavy atom. The van der Waals surface area contributed by atoms with E-state index in [1.165, 1.54) is 44.9 Å². The van der Waals surface area contributed by atoms with E-state index in [1.807, 2.05) is 0 Å². The highest BCUT2D eigenvalue weighted by Crippen LogP contribution is 2.75. The average molecular weight is 610 g/mol. The van der Waals surface area contributed by atoms with Crippen molar-refractivity contribution < 1.29 is 14.3 Å². The van der Waals surface area contributed by atoms with Gasteiger partial charge in [0.15, 0.2) is 5.79 Å². The van der Waals surface area contributed by atoms with Gasteiger partial charge >= 0.3 is 6.03 Å². The number of nitrogens with zero attached hydrogens (tertiary/aromatic N) is 1. The van der Waals surface area contributed by atoms with Gasteiger partial charge in [0.2, 0.25) is 0 Å². The van der Waals surface area contributed by atoms with Gasteiger partial charge < -0.3 is 25.0 Å². The van der Waals surface area contributed by atoms with E-state index in [9.17, 15) is 4.79 Å². The minimum atomic E-state index is -0.473. The number of hydrogen-bond acceptors (Lipinski definition) is 4. The highest BCUT2D eigenvalue weighted by atomic mass is 16.7. The zero-order valence-electron chi connectivity index (χ0n) is 29.4.